The van der Waals surface area contributed by atoms with Crippen molar-refractivity contribution in [3.8, 4) is 17.1 Å². The Bertz CT molecular complexity index is 1370. The number of hydrogen-bond donors (Lipinski definition) is 1. The standard InChI is InChI=1S/C25H24N6O2/c1-17-15-21(32)23(29-31(17)20-11-4-2-5-12-20)25(33)26-19-10-8-9-18(16-19)24-28-27-22-13-6-3-7-14-30(22)24/h2,4-5,8-12,15-16H,3,6-7,13-14H2,1H3,(H,26,33). The first-order chi connectivity index (χ1) is 16.1. The van der Waals surface area contributed by atoms with Crippen LogP contribution in [0.1, 0.15) is 41.3 Å². The molecule has 0 aliphatic carbocycles. The van der Waals surface area contributed by atoms with Gasteiger partial charge in [0.05, 0.1) is 5.69 Å². The Hall–Kier alpha value is -4.07. The van der Waals surface area contributed by atoms with Crippen LogP contribution < -0.4 is 10.7 Å². The van der Waals surface area contributed by atoms with Crippen LogP contribution in [0, 0.1) is 6.92 Å². The summed E-state index contributed by atoms with van der Waals surface area (Å²) in [7, 11) is 0. The Balaban J connectivity index is 1.44. The van der Waals surface area contributed by atoms with Crippen LogP contribution in [-0.4, -0.2) is 30.5 Å². The van der Waals surface area contributed by atoms with Crippen LogP contribution >= 0.6 is 0 Å². The molecule has 8 heteroatoms. The number of hydrogen-bond acceptors (Lipinski definition) is 5. The van der Waals surface area contributed by atoms with Gasteiger partial charge in [0, 0.05) is 36.0 Å². The SMILES string of the molecule is Cc1cc(=O)c(C(=O)Nc2cccc(-c3nnc4n3CCCCC4)c2)nn1-c1ccccc1. The fourth-order valence-electron chi connectivity index (χ4n) is 4.16. The Morgan fingerprint density at radius 2 is 1.82 bits per heavy atom. The molecule has 0 atom stereocenters. The van der Waals surface area contributed by atoms with Crippen molar-refractivity contribution >= 4 is 11.6 Å². The number of aromatic nitrogens is 5. The number of para-hydroxylation sites is 1. The molecular weight excluding hydrogens is 416 g/mol. The van der Waals surface area contributed by atoms with Crippen molar-refractivity contribution in [2.45, 2.75) is 39.2 Å². The zero-order valence-corrected chi connectivity index (χ0v) is 18.4. The Morgan fingerprint density at radius 3 is 2.67 bits per heavy atom. The van der Waals surface area contributed by atoms with Gasteiger partial charge in [-0.2, -0.15) is 5.10 Å². The molecule has 0 radical (unpaired) electrons. The van der Waals surface area contributed by atoms with E-state index in [9.17, 15) is 9.59 Å². The molecule has 1 N–H and O–H groups in total. The van der Waals surface area contributed by atoms with E-state index in [1.807, 2.05) is 48.5 Å². The first kappa shape index (κ1) is 20.8. The molecule has 166 valence electrons. The second kappa shape index (κ2) is 8.82. The minimum Gasteiger partial charge on any atom is -0.320 e. The molecule has 0 fully saturated rings. The number of aryl methyl sites for hydroxylation is 2. The van der Waals surface area contributed by atoms with Crippen LogP contribution in [0.15, 0.2) is 65.5 Å². The highest BCUT2D eigenvalue weighted by Crippen LogP contribution is 2.25. The van der Waals surface area contributed by atoms with Crippen molar-refractivity contribution in [3.63, 3.8) is 0 Å². The van der Waals surface area contributed by atoms with Gasteiger partial charge in [-0.15, -0.1) is 10.2 Å². The molecule has 0 spiro atoms. The summed E-state index contributed by atoms with van der Waals surface area (Å²) in [6.07, 6.45) is 4.33. The van der Waals surface area contributed by atoms with Gasteiger partial charge < -0.3 is 9.88 Å². The van der Waals surface area contributed by atoms with E-state index in [2.05, 4.69) is 25.2 Å². The predicted molar refractivity (Wildman–Crippen MR) is 126 cm³/mol. The molecule has 1 amide bonds. The lowest BCUT2D eigenvalue weighted by molar-refractivity contribution is 0.101. The second-order valence-corrected chi connectivity index (χ2v) is 8.18. The summed E-state index contributed by atoms with van der Waals surface area (Å²) in [5, 5.41) is 15.9. The topological polar surface area (TPSA) is 94.7 Å². The normalized spacial score (nSPS) is 13.2. The van der Waals surface area contributed by atoms with E-state index in [0.29, 0.717) is 11.4 Å². The van der Waals surface area contributed by atoms with Gasteiger partial charge in [-0.1, -0.05) is 36.8 Å². The molecule has 3 heterocycles. The van der Waals surface area contributed by atoms with E-state index in [0.717, 1.165) is 48.7 Å². The van der Waals surface area contributed by atoms with Crippen LogP contribution in [0.2, 0.25) is 0 Å². The summed E-state index contributed by atoms with van der Waals surface area (Å²) in [6, 6.07) is 18.3. The Labute approximate surface area is 190 Å². The van der Waals surface area contributed by atoms with E-state index >= 15 is 0 Å². The molecule has 0 bridgehead atoms. The molecule has 4 aromatic rings. The highest BCUT2D eigenvalue weighted by molar-refractivity contribution is 6.03. The zero-order chi connectivity index (χ0) is 22.8. The fourth-order valence-corrected chi connectivity index (χ4v) is 4.16. The van der Waals surface area contributed by atoms with Crippen molar-refractivity contribution in [2.75, 3.05) is 5.32 Å². The largest absolute Gasteiger partial charge is 0.320 e. The first-order valence-electron chi connectivity index (χ1n) is 11.1. The number of carbonyl (C=O) groups excluding carboxylic acids is 1. The first-order valence-corrected chi connectivity index (χ1v) is 11.1. The average Bonchev–Trinajstić information content (AvgIpc) is 3.08. The number of nitrogens with one attached hydrogen (secondary N) is 1. The third kappa shape index (κ3) is 4.19. The van der Waals surface area contributed by atoms with Crippen molar-refractivity contribution in [3.05, 3.63) is 88.1 Å². The maximum Gasteiger partial charge on any atom is 0.280 e. The van der Waals surface area contributed by atoms with E-state index in [4.69, 9.17) is 0 Å². The molecule has 5 rings (SSSR count). The summed E-state index contributed by atoms with van der Waals surface area (Å²) >= 11 is 0. The van der Waals surface area contributed by atoms with Crippen LogP contribution in [0.5, 0.6) is 0 Å². The van der Waals surface area contributed by atoms with Gasteiger partial charge in [0.25, 0.3) is 5.91 Å². The van der Waals surface area contributed by atoms with Gasteiger partial charge in [-0.3, -0.25) is 9.59 Å². The Kier molecular flexibility index (Phi) is 5.56. The summed E-state index contributed by atoms with van der Waals surface area (Å²) < 4.78 is 3.76. The molecule has 0 saturated heterocycles. The van der Waals surface area contributed by atoms with Crippen LogP contribution in [-0.2, 0) is 13.0 Å². The third-order valence-corrected chi connectivity index (χ3v) is 5.81. The van der Waals surface area contributed by atoms with Gasteiger partial charge in [-0.05, 0) is 44.0 Å². The molecule has 0 unspecified atom stereocenters. The van der Waals surface area contributed by atoms with Crippen molar-refractivity contribution < 1.29 is 4.79 Å². The number of nitrogens with zero attached hydrogens (tertiary/aromatic N) is 5. The summed E-state index contributed by atoms with van der Waals surface area (Å²) in [6.45, 7) is 2.68. The number of benzene rings is 2. The lowest BCUT2D eigenvalue weighted by Crippen LogP contribution is -2.26. The highest BCUT2D eigenvalue weighted by atomic mass is 16.2. The van der Waals surface area contributed by atoms with Crippen molar-refractivity contribution in [1.29, 1.82) is 0 Å². The number of carbonyl (C=O) groups is 1. The van der Waals surface area contributed by atoms with Crippen LogP contribution in [0.3, 0.4) is 0 Å². The molecule has 1 aliphatic heterocycles. The van der Waals surface area contributed by atoms with Crippen molar-refractivity contribution in [2.24, 2.45) is 0 Å². The maximum absolute atomic E-state index is 13.0. The molecule has 1 aliphatic rings. The summed E-state index contributed by atoms with van der Waals surface area (Å²) in [5.41, 5.74) is 2.28. The zero-order valence-electron chi connectivity index (χ0n) is 18.4. The maximum atomic E-state index is 13.0. The van der Waals surface area contributed by atoms with Gasteiger partial charge in [-0.25, -0.2) is 4.68 Å². The number of anilines is 1. The van der Waals surface area contributed by atoms with Crippen molar-refractivity contribution in [1.82, 2.24) is 24.5 Å². The number of rotatable bonds is 4. The molecule has 2 aromatic carbocycles. The average molecular weight is 441 g/mol. The lowest BCUT2D eigenvalue weighted by Gasteiger charge is -2.12. The molecule has 8 nitrogen and oxygen atoms in total. The second-order valence-electron chi connectivity index (χ2n) is 8.18. The molecule has 0 saturated carbocycles. The Morgan fingerprint density at radius 1 is 0.970 bits per heavy atom. The molecule has 2 aromatic heterocycles. The highest BCUT2D eigenvalue weighted by Gasteiger charge is 2.18. The smallest absolute Gasteiger partial charge is 0.280 e. The van der Waals surface area contributed by atoms with E-state index in [1.165, 1.54) is 12.5 Å². The minimum atomic E-state index is -0.554. The fraction of sp³-hybridized carbons (Fsp3) is 0.240. The van der Waals surface area contributed by atoms with Gasteiger partial charge in [0.2, 0.25) is 5.43 Å². The van der Waals surface area contributed by atoms with E-state index < -0.39 is 11.3 Å². The number of amides is 1. The third-order valence-electron chi connectivity index (χ3n) is 5.81. The summed E-state index contributed by atoms with van der Waals surface area (Å²) in [5.74, 6) is 1.24. The quantitative estimate of drug-likeness (QED) is 0.521. The van der Waals surface area contributed by atoms with Gasteiger partial charge >= 0.3 is 0 Å². The van der Waals surface area contributed by atoms with E-state index in [-0.39, 0.29) is 5.69 Å². The monoisotopic (exact) mass is 440 g/mol. The lowest BCUT2D eigenvalue weighted by atomic mass is 10.1. The van der Waals surface area contributed by atoms with Gasteiger partial charge in [0.1, 0.15) is 5.82 Å². The molecular formula is C25H24N6O2. The predicted octanol–water partition coefficient (Wildman–Crippen LogP) is 3.78. The van der Waals surface area contributed by atoms with Gasteiger partial charge in [0.15, 0.2) is 11.5 Å². The number of fused-ring (bicyclic) bond motifs is 1. The minimum absolute atomic E-state index is 0.161. The van der Waals surface area contributed by atoms with E-state index in [1.54, 1.807) is 17.7 Å². The summed E-state index contributed by atoms with van der Waals surface area (Å²) in [4.78, 5) is 25.5. The van der Waals surface area contributed by atoms with Crippen LogP contribution in [0.4, 0.5) is 5.69 Å². The molecule has 33 heavy (non-hydrogen) atoms. The van der Waals surface area contributed by atoms with Crippen LogP contribution in [0.25, 0.3) is 17.1 Å².